The zero-order valence-electron chi connectivity index (χ0n) is 7.94. The lowest BCUT2D eigenvalue weighted by Gasteiger charge is -2.38. The zero-order chi connectivity index (χ0) is 10.7. The van der Waals surface area contributed by atoms with Crippen molar-refractivity contribution in [3.63, 3.8) is 0 Å². The Morgan fingerprint density at radius 2 is 2.07 bits per heavy atom. The van der Waals surface area contributed by atoms with Gasteiger partial charge in [0.1, 0.15) is 6.10 Å². The van der Waals surface area contributed by atoms with E-state index in [-0.39, 0.29) is 0 Å². The first-order chi connectivity index (χ1) is 6.61. The van der Waals surface area contributed by atoms with E-state index in [1.807, 2.05) is 0 Å². The van der Waals surface area contributed by atoms with Gasteiger partial charge in [-0.05, 0) is 12.5 Å². The van der Waals surface area contributed by atoms with Crippen molar-refractivity contribution >= 4 is 0 Å². The Kier molecular flexibility index (Phi) is 3.68. The predicted octanol–water partition coefficient (Wildman–Crippen LogP) is -0.222. The third kappa shape index (κ3) is 1.97. The fourth-order valence-electron chi connectivity index (χ4n) is 1.43. The van der Waals surface area contributed by atoms with Gasteiger partial charge in [0.25, 0.3) is 0 Å². The van der Waals surface area contributed by atoms with E-state index in [1.165, 1.54) is 7.11 Å². The lowest BCUT2D eigenvalue weighted by Crippen LogP contribution is -2.56. The molecule has 0 aromatic rings. The molecule has 2 N–H and O–H groups in total. The molecule has 5 atom stereocenters. The minimum Gasteiger partial charge on any atom is -0.390 e. The molecule has 1 aliphatic heterocycles. The summed E-state index contributed by atoms with van der Waals surface area (Å²) in [5.74, 6) is 0. The largest absolute Gasteiger partial charge is 0.390 e. The van der Waals surface area contributed by atoms with E-state index in [4.69, 9.17) is 15.0 Å². The van der Waals surface area contributed by atoms with E-state index in [2.05, 4.69) is 10.0 Å². The number of ether oxygens (including phenoxy) is 2. The van der Waals surface area contributed by atoms with Crippen LogP contribution in [0.3, 0.4) is 0 Å². The molecular weight excluding hydrogens is 190 g/mol. The van der Waals surface area contributed by atoms with Crippen LogP contribution in [-0.2, 0) is 9.47 Å². The van der Waals surface area contributed by atoms with Gasteiger partial charge in [0, 0.05) is 12.0 Å². The van der Waals surface area contributed by atoms with Gasteiger partial charge in [-0.3, -0.25) is 0 Å². The monoisotopic (exact) mass is 203 g/mol. The van der Waals surface area contributed by atoms with Gasteiger partial charge in [-0.2, -0.15) is 0 Å². The summed E-state index contributed by atoms with van der Waals surface area (Å²) in [5, 5.41) is 22.4. The van der Waals surface area contributed by atoms with Gasteiger partial charge >= 0.3 is 0 Å². The second-order valence-electron chi connectivity index (χ2n) is 3.12. The van der Waals surface area contributed by atoms with E-state index < -0.39 is 30.6 Å². The molecule has 80 valence electrons. The summed E-state index contributed by atoms with van der Waals surface area (Å²) in [5.41, 5.74) is 8.24. The lowest BCUT2D eigenvalue weighted by molar-refractivity contribution is -0.260. The number of hydrogen-bond acceptors (Lipinski definition) is 5. The number of methoxy groups -OCH3 is 1. The molecule has 0 bridgehead atoms. The first-order valence-electron chi connectivity index (χ1n) is 4.20. The van der Waals surface area contributed by atoms with Crippen LogP contribution in [0.4, 0.5) is 0 Å². The maximum atomic E-state index is 9.57. The molecule has 0 spiro atoms. The second kappa shape index (κ2) is 4.59. The van der Waals surface area contributed by atoms with Crippen LogP contribution in [0, 0.1) is 0 Å². The van der Waals surface area contributed by atoms with Crippen LogP contribution in [0.5, 0.6) is 0 Å². The van der Waals surface area contributed by atoms with Crippen LogP contribution in [0.1, 0.15) is 6.92 Å². The molecule has 0 aromatic heterocycles. The van der Waals surface area contributed by atoms with Crippen molar-refractivity contribution in [2.75, 3.05) is 7.11 Å². The summed E-state index contributed by atoms with van der Waals surface area (Å²) in [7, 11) is 1.36. The van der Waals surface area contributed by atoms with Crippen LogP contribution in [0.25, 0.3) is 10.4 Å². The molecule has 1 heterocycles. The van der Waals surface area contributed by atoms with E-state index in [0.29, 0.717) is 0 Å². The summed E-state index contributed by atoms with van der Waals surface area (Å²) in [6, 6.07) is -0.790. The fraction of sp³-hybridized carbons (Fsp3) is 1.00. The summed E-state index contributed by atoms with van der Waals surface area (Å²) in [4.78, 5) is 2.58. The van der Waals surface area contributed by atoms with Gasteiger partial charge in [-0.25, -0.2) is 0 Å². The molecular formula is C7H13N3O4. The van der Waals surface area contributed by atoms with Crippen LogP contribution in [0.15, 0.2) is 5.11 Å². The summed E-state index contributed by atoms with van der Waals surface area (Å²) in [6.45, 7) is 1.64. The highest BCUT2D eigenvalue weighted by atomic mass is 16.7. The fourth-order valence-corrected chi connectivity index (χ4v) is 1.43. The quantitative estimate of drug-likeness (QED) is 0.367. The van der Waals surface area contributed by atoms with E-state index >= 15 is 0 Å². The lowest BCUT2D eigenvalue weighted by atomic mass is 9.98. The van der Waals surface area contributed by atoms with Crippen LogP contribution in [0.2, 0.25) is 0 Å². The molecule has 1 rings (SSSR count). The van der Waals surface area contributed by atoms with Crippen LogP contribution >= 0.6 is 0 Å². The Bertz CT molecular complexity index is 243. The van der Waals surface area contributed by atoms with Gasteiger partial charge in [0.2, 0.25) is 0 Å². The highest BCUT2D eigenvalue weighted by Gasteiger charge is 2.42. The van der Waals surface area contributed by atoms with Gasteiger partial charge in [0.15, 0.2) is 6.29 Å². The Balaban J connectivity index is 2.78. The number of hydrogen-bond donors (Lipinski definition) is 2. The van der Waals surface area contributed by atoms with Crippen molar-refractivity contribution in [1.29, 1.82) is 0 Å². The van der Waals surface area contributed by atoms with Gasteiger partial charge in [-0.1, -0.05) is 5.11 Å². The molecule has 7 nitrogen and oxygen atoms in total. The molecule has 1 saturated heterocycles. The van der Waals surface area contributed by atoms with E-state index in [1.54, 1.807) is 6.92 Å². The van der Waals surface area contributed by atoms with Crippen molar-refractivity contribution in [2.24, 2.45) is 5.11 Å². The molecule has 2 unspecified atom stereocenters. The Labute approximate surface area is 80.9 Å². The normalized spacial score (nSPS) is 43.0. The highest BCUT2D eigenvalue weighted by Crippen LogP contribution is 2.23. The van der Waals surface area contributed by atoms with Gasteiger partial charge in [-0.15, -0.1) is 0 Å². The smallest absolute Gasteiger partial charge is 0.185 e. The number of rotatable bonds is 2. The SMILES string of the molecule is CO[C@H]1OC(C)[C@@H](N=[N+]=[N-])[C@H](O)C1O. The molecule has 14 heavy (non-hydrogen) atoms. The minimum absolute atomic E-state index is 0.491. The minimum atomic E-state index is -1.20. The average molecular weight is 203 g/mol. The number of aliphatic hydroxyl groups excluding tert-OH is 2. The number of azide groups is 1. The first-order valence-corrected chi connectivity index (χ1v) is 4.20. The third-order valence-corrected chi connectivity index (χ3v) is 2.23. The van der Waals surface area contributed by atoms with Gasteiger partial charge < -0.3 is 19.7 Å². The molecule has 0 aromatic carbocycles. The molecule has 1 fully saturated rings. The van der Waals surface area contributed by atoms with Gasteiger partial charge in [0.05, 0.1) is 18.2 Å². The zero-order valence-corrected chi connectivity index (χ0v) is 7.94. The van der Waals surface area contributed by atoms with Crippen molar-refractivity contribution in [1.82, 2.24) is 0 Å². The Hall–Kier alpha value is -0.850. The maximum Gasteiger partial charge on any atom is 0.185 e. The molecule has 0 radical (unpaired) electrons. The first kappa shape index (κ1) is 11.2. The molecule has 7 heteroatoms. The van der Waals surface area contributed by atoms with Crippen LogP contribution < -0.4 is 0 Å². The maximum absolute atomic E-state index is 9.57. The average Bonchev–Trinajstić information content (AvgIpc) is 2.18. The number of aliphatic hydroxyl groups is 2. The summed E-state index contributed by atoms with van der Waals surface area (Å²) >= 11 is 0. The Morgan fingerprint density at radius 1 is 1.43 bits per heavy atom. The molecule has 0 amide bonds. The summed E-state index contributed by atoms with van der Waals surface area (Å²) in [6.07, 6.45) is -3.74. The standard InChI is InChI=1S/C7H13N3O4/c1-3-4(9-10-8)5(11)6(12)7(13-2)14-3/h3-7,11-12H,1-2H3/t3?,4-,5+,6?,7+/m1/s1. The molecule has 0 aliphatic carbocycles. The van der Waals surface area contributed by atoms with Crippen molar-refractivity contribution in [2.45, 2.75) is 37.6 Å². The third-order valence-electron chi connectivity index (χ3n) is 2.23. The number of nitrogens with zero attached hydrogens (tertiary/aromatic N) is 3. The highest BCUT2D eigenvalue weighted by molar-refractivity contribution is 4.92. The predicted molar refractivity (Wildman–Crippen MR) is 46.3 cm³/mol. The van der Waals surface area contributed by atoms with Crippen LogP contribution in [-0.4, -0.2) is 48.0 Å². The topological polar surface area (TPSA) is 108 Å². The van der Waals surface area contributed by atoms with E-state index in [9.17, 15) is 10.2 Å². The van der Waals surface area contributed by atoms with E-state index in [0.717, 1.165) is 0 Å². The summed E-state index contributed by atoms with van der Waals surface area (Å²) < 4.78 is 9.99. The molecule has 0 saturated carbocycles. The Morgan fingerprint density at radius 3 is 2.57 bits per heavy atom. The van der Waals surface area contributed by atoms with Crippen molar-refractivity contribution in [3.8, 4) is 0 Å². The van der Waals surface area contributed by atoms with Crippen molar-refractivity contribution < 1.29 is 19.7 Å². The second-order valence-corrected chi connectivity index (χ2v) is 3.12. The van der Waals surface area contributed by atoms with Crippen molar-refractivity contribution in [3.05, 3.63) is 10.4 Å². The molecule has 1 aliphatic rings.